The molecule has 1 aliphatic heterocycles. The fourth-order valence-corrected chi connectivity index (χ4v) is 4.18. The molecule has 5 heteroatoms. The van der Waals surface area contributed by atoms with E-state index in [1.54, 1.807) is 0 Å². The summed E-state index contributed by atoms with van der Waals surface area (Å²) in [5.41, 5.74) is 2.25. The van der Waals surface area contributed by atoms with Crippen LogP contribution in [-0.4, -0.2) is 23.1 Å². The molecule has 0 unspecified atom stereocenters. The molecule has 0 radical (unpaired) electrons. The van der Waals surface area contributed by atoms with Crippen LogP contribution in [0.2, 0.25) is 0 Å². The summed E-state index contributed by atoms with van der Waals surface area (Å²) in [6.45, 7) is 4.28. The molecule has 1 aromatic heterocycles. The maximum Gasteiger partial charge on any atom is 0.227 e. The van der Waals surface area contributed by atoms with Crippen molar-refractivity contribution in [1.82, 2.24) is 9.97 Å². The van der Waals surface area contributed by atoms with Gasteiger partial charge in [-0.25, -0.2) is 4.98 Å². The van der Waals surface area contributed by atoms with Gasteiger partial charge in [-0.1, -0.05) is 48.5 Å². The fourth-order valence-electron chi connectivity index (χ4n) is 4.18. The van der Waals surface area contributed by atoms with Gasteiger partial charge in [0.1, 0.15) is 5.82 Å². The number of hydrogen-bond acceptors (Lipinski definition) is 4. The van der Waals surface area contributed by atoms with Gasteiger partial charge in [-0.3, -0.25) is 0 Å². The number of nitrogens with one attached hydrogen (secondary N) is 1. The Morgan fingerprint density at radius 2 is 1.57 bits per heavy atom. The molecule has 3 aromatic carbocycles. The summed E-state index contributed by atoms with van der Waals surface area (Å²) >= 11 is 0. The molecule has 0 aliphatic carbocycles. The largest absolute Gasteiger partial charge is 0.363 e. The normalized spacial score (nSPS) is 15.0. The first-order valence-electron chi connectivity index (χ1n) is 10.5. The molecule has 4 nitrogen and oxygen atoms in total. The standard InChI is InChI=1S/C25H26N4.ClH/c1-18(20-14-13-19-9-3-4-10-21(19)17-20)26-24-22-11-5-6-12-23(22)27-25(28-24)29-15-7-2-8-16-29;/h3-6,9-14,17-18H,2,7-8,15-16H2,1H3,(H,26,27,28);1H/t18-;/m1./s1. The second-order valence-electron chi connectivity index (χ2n) is 7.91. The number of aromatic nitrogens is 2. The third kappa shape index (κ3) is 4.05. The molecule has 0 amide bonds. The third-order valence-corrected chi connectivity index (χ3v) is 5.86. The second-order valence-corrected chi connectivity index (χ2v) is 7.91. The fraction of sp³-hybridized carbons (Fsp3) is 0.280. The van der Waals surface area contributed by atoms with E-state index in [1.807, 2.05) is 6.07 Å². The third-order valence-electron chi connectivity index (χ3n) is 5.86. The maximum atomic E-state index is 4.96. The van der Waals surface area contributed by atoms with Gasteiger partial charge < -0.3 is 10.2 Å². The number of benzene rings is 3. The van der Waals surface area contributed by atoms with E-state index in [4.69, 9.17) is 9.97 Å². The van der Waals surface area contributed by atoms with Crippen molar-refractivity contribution in [3.8, 4) is 0 Å². The van der Waals surface area contributed by atoms with Crippen molar-refractivity contribution in [1.29, 1.82) is 0 Å². The van der Waals surface area contributed by atoms with Crippen molar-refractivity contribution in [2.45, 2.75) is 32.2 Å². The van der Waals surface area contributed by atoms with Gasteiger partial charge in [0.2, 0.25) is 5.95 Å². The molecule has 4 aromatic rings. The number of fused-ring (bicyclic) bond motifs is 2. The lowest BCUT2D eigenvalue weighted by Gasteiger charge is -2.27. The topological polar surface area (TPSA) is 41.1 Å². The first kappa shape index (κ1) is 20.4. The predicted octanol–water partition coefficient (Wildman–Crippen LogP) is 6.37. The molecular weight excluding hydrogens is 392 g/mol. The summed E-state index contributed by atoms with van der Waals surface area (Å²) < 4.78 is 0. The van der Waals surface area contributed by atoms with Gasteiger partial charge in [0.25, 0.3) is 0 Å². The van der Waals surface area contributed by atoms with Gasteiger partial charge in [0, 0.05) is 24.5 Å². The van der Waals surface area contributed by atoms with Crippen LogP contribution in [0.3, 0.4) is 0 Å². The lowest BCUT2D eigenvalue weighted by Crippen LogP contribution is -2.31. The molecule has 1 fully saturated rings. The van der Waals surface area contributed by atoms with Crippen molar-refractivity contribution in [3.05, 3.63) is 72.3 Å². The van der Waals surface area contributed by atoms with Crippen LogP contribution in [0.15, 0.2) is 66.7 Å². The molecule has 2 heterocycles. The van der Waals surface area contributed by atoms with Crippen LogP contribution in [0.4, 0.5) is 11.8 Å². The lowest BCUT2D eigenvalue weighted by molar-refractivity contribution is 0.569. The highest BCUT2D eigenvalue weighted by molar-refractivity contribution is 5.90. The van der Waals surface area contributed by atoms with Crippen LogP contribution in [-0.2, 0) is 0 Å². The molecule has 154 valence electrons. The Morgan fingerprint density at radius 1 is 0.833 bits per heavy atom. The van der Waals surface area contributed by atoms with E-state index in [9.17, 15) is 0 Å². The highest BCUT2D eigenvalue weighted by Crippen LogP contribution is 2.29. The van der Waals surface area contributed by atoms with Gasteiger partial charge in [-0.05, 0) is 60.7 Å². The molecule has 5 rings (SSSR count). The molecule has 0 bridgehead atoms. The Labute approximate surface area is 183 Å². The molecular formula is C25H27ClN4. The number of hydrogen-bond donors (Lipinski definition) is 1. The number of para-hydroxylation sites is 1. The van der Waals surface area contributed by atoms with E-state index in [-0.39, 0.29) is 18.4 Å². The smallest absolute Gasteiger partial charge is 0.227 e. The summed E-state index contributed by atoms with van der Waals surface area (Å²) in [7, 11) is 0. The van der Waals surface area contributed by atoms with Crippen molar-refractivity contribution in [3.63, 3.8) is 0 Å². The van der Waals surface area contributed by atoms with Gasteiger partial charge in [-0.15, -0.1) is 12.4 Å². The Morgan fingerprint density at radius 3 is 2.40 bits per heavy atom. The van der Waals surface area contributed by atoms with Gasteiger partial charge in [0.15, 0.2) is 0 Å². The van der Waals surface area contributed by atoms with E-state index in [2.05, 4.69) is 77.8 Å². The number of halogens is 1. The average molecular weight is 419 g/mol. The SMILES string of the molecule is C[C@@H](Nc1nc(N2CCCCC2)nc2ccccc12)c1ccc2ccccc2c1.Cl. The number of piperidine rings is 1. The molecule has 30 heavy (non-hydrogen) atoms. The van der Waals surface area contributed by atoms with E-state index in [1.165, 1.54) is 35.6 Å². The molecule has 0 saturated carbocycles. The van der Waals surface area contributed by atoms with E-state index >= 15 is 0 Å². The van der Waals surface area contributed by atoms with Gasteiger partial charge in [-0.2, -0.15) is 4.98 Å². The zero-order chi connectivity index (χ0) is 19.6. The monoisotopic (exact) mass is 418 g/mol. The zero-order valence-corrected chi connectivity index (χ0v) is 18.0. The maximum absolute atomic E-state index is 4.96. The van der Waals surface area contributed by atoms with Crippen LogP contribution < -0.4 is 10.2 Å². The molecule has 1 saturated heterocycles. The summed E-state index contributed by atoms with van der Waals surface area (Å²) in [5, 5.41) is 7.27. The second kappa shape index (κ2) is 8.88. The lowest BCUT2D eigenvalue weighted by atomic mass is 10.0. The molecule has 0 spiro atoms. The van der Waals surface area contributed by atoms with E-state index in [0.29, 0.717) is 0 Å². The van der Waals surface area contributed by atoms with E-state index < -0.39 is 0 Å². The number of nitrogens with zero attached hydrogens (tertiary/aromatic N) is 3. The Bertz CT molecular complexity index is 1150. The van der Waals surface area contributed by atoms with Crippen LogP contribution in [0, 0.1) is 0 Å². The number of rotatable bonds is 4. The Balaban J connectivity index is 0.00000218. The molecule has 1 N–H and O–H groups in total. The quantitative estimate of drug-likeness (QED) is 0.418. The number of anilines is 2. The van der Waals surface area contributed by atoms with Crippen LogP contribution in [0.5, 0.6) is 0 Å². The van der Waals surface area contributed by atoms with Crippen molar-refractivity contribution in [2.24, 2.45) is 0 Å². The Hall–Kier alpha value is -2.85. The van der Waals surface area contributed by atoms with Crippen molar-refractivity contribution in [2.75, 3.05) is 23.3 Å². The molecule has 1 atom stereocenters. The summed E-state index contributed by atoms with van der Waals surface area (Å²) in [6, 6.07) is 23.6. The van der Waals surface area contributed by atoms with Crippen molar-refractivity contribution < 1.29 is 0 Å². The minimum Gasteiger partial charge on any atom is -0.363 e. The first-order valence-corrected chi connectivity index (χ1v) is 10.5. The summed E-state index contributed by atoms with van der Waals surface area (Å²) in [4.78, 5) is 12.1. The minimum absolute atomic E-state index is 0. The summed E-state index contributed by atoms with van der Waals surface area (Å²) in [6.07, 6.45) is 3.73. The van der Waals surface area contributed by atoms with Crippen LogP contribution in [0.25, 0.3) is 21.7 Å². The van der Waals surface area contributed by atoms with Crippen molar-refractivity contribution >= 4 is 45.8 Å². The van der Waals surface area contributed by atoms with Gasteiger partial charge >= 0.3 is 0 Å². The first-order chi connectivity index (χ1) is 14.3. The van der Waals surface area contributed by atoms with Crippen LogP contribution in [0.1, 0.15) is 37.8 Å². The van der Waals surface area contributed by atoms with E-state index in [0.717, 1.165) is 35.8 Å². The van der Waals surface area contributed by atoms with Crippen LogP contribution >= 0.6 is 12.4 Å². The highest BCUT2D eigenvalue weighted by Gasteiger charge is 2.17. The minimum atomic E-state index is 0. The Kier molecular flexibility index (Phi) is 6.05. The predicted molar refractivity (Wildman–Crippen MR) is 129 cm³/mol. The molecule has 1 aliphatic rings. The van der Waals surface area contributed by atoms with Gasteiger partial charge in [0.05, 0.1) is 5.52 Å². The highest BCUT2D eigenvalue weighted by atomic mass is 35.5. The zero-order valence-electron chi connectivity index (χ0n) is 17.2. The average Bonchev–Trinajstić information content (AvgIpc) is 2.79. The summed E-state index contributed by atoms with van der Waals surface area (Å²) in [5.74, 6) is 1.76.